The van der Waals surface area contributed by atoms with Crippen molar-refractivity contribution in [2.45, 2.75) is 37.3 Å². The molecule has 154 valence electrons. The molecule has 2 aromatic carbocycles. The van der Waals surface area contributed by atoms with Crippen molar-refractivity contribution in [3.63, 3.8) is 0 Å². The molecule has 29 heavy (non-hydrogen) atoms. The lowest BCUT2D eigenvalue weighted by atomic mass is 10.2. The molecule has 4 rings (SSSR count). The predicted octanol–water partition coefficient (Wildman–Crippen LogP) is 4.19. The molecule has 0 unspecified atom stereocenters. The Balaban J connectivity index is 1.50. The van der Waals surface area contributed by atoms with Gasteiger partial charge in [-0.15, -0.1) is 0 Å². The molecule has 3 aromatic rings. The number of para-hydroxylation sites is 2. The Labute approximate surface area is 167 Å². The summed E-state index contributed by atoms with van der Waals surface area (Å²) in [5.74, 6) is 0.488. The van der Waals surface area contributed by atoms with Gasteiger partial charge in [0, 0.05) is 13.1 Å². The number of ether oxygens (including phenoxy) is 1. The largest absolute Gasteiger partial charge is 0.486 e. The van der Waals surface area contributed by atoms with E-state index in [9.17, 15) is 17.2 Å². The van der Waals surface area contributed by atoms with E-state index < -0.39 is 16.6 Å². The summed E-state index contributed by atoms with van der Waals surface area (Å²) in [6, 6.07) is 12.7. The van der Waals surface area contributed by atoms with Gasteiger partial charge in [-0.25, -0.2) is 13.4 Å². The van der Waals surface area contributed by atoms with Crippen LogP contribution in [0.3, 0.4) is 0 Å². The molecule has 1 aromatic heterocycles. The fourth-order valence-corrected chi connectivity index (χ4v) is 5.04. The van der Waals surface area contributed by atoms with Gasteiger partial charge >= 0.3 is 6.55 Å². The van der Waals surface area contributed by atoms with Gasteiger partial charge in [0.15, 0.2) is 5.82 Å². The Hall–Kier alpha value is -2.52. The predicted molar refractivity (Wildman–Crippen MR) is 104 cm³/mol. The van der Waals surface area contributed by atoms with Crippen LogP contribution in [0, 0.1) is 0 Å². The molecular weight excluding hydrogens is 400 g/mol. The van der Waals surface area contributed by atoms with Crippen LogP contribution in [-0.4, -0.2) is 35.4 Å². The second-order valence-electron chi connectivity index (χ2n) is 6.89. The van der Waals surface area contributed by atoms with Crippen LogP contribution in [0.5, 0.6) is 5.75 Å². The lowest BCUT2D eigenvalue weighted by Gasteiger charge is -2.25. The number of rotatable bonds is 6. The first kappa shape index (κ1) is 19.8. The lowest BCUT2D eigenvalue weighted by Crippen LogP contribution is -2.35. The first-order valence-corrected chi connectivity index (χ1v) is 10.9. The first-order valence-electron chi connectivity index (χ1n) is 9.44. The zero-order chi connectivity index (χ0) is 20.4. The average Bonchev–Trinajstić information content (AvgIpc) is 3.12. The number of nitrogens with zero attached hydrogens (tertiary/aromatic N) is 3. The summed E-state index contributed by atoms with van der Waals surface area (Å²) in [5.41, 5.74) is 0.804. The van der Waals surface area contributed by atoms with Crippen molar-refractivity contribution >= 4 is 21.1 Å². The molecule has 1 saturated heterocycles. The van der Waals surface area contributed by atoms with Crippen LogP contribution in [-0.2, 0) is 16.6 Å². The lowest BCUT2D eigenvalue weighted by molar-refractivity contribution is 0.0677. The van der Waals surface area contributed by atoms with Gasteiger partial charge in [0.05, 0.1) is 15.9 Å². The highest BCUT2D eigenvalue weighted by atomic mass is 32.2. The van der Waals surface area contributed by atoms with Crippen molar-refractivity contribution in [2.75, 3.05) is 13.1 Å². The molecule has 0 amide bonds. The minimum Gasteiger partial charge on any atom is -0.486 e. The highest BCUT2D eigenvalue weighted by molar-refractivity contribution is 7.89. The van der Waals surface area contributed by atoms with Crippen LogP contribution < -0.4 is 4.74 Å². The fourth-order valence-electron chi connectivity index (χ4n) is 3.52. The van der Waals surface area contributed by atoms with Crippen LogP contribution >= 0.6 is 0 Å². The monoisotopic (exact) mass is 421 g/mol. The van der Waals surface area contributed by atoms with Crippen molar-refractivity contribution in [3.8, 4) is 5.75 Å². The smallest absolute Gasteiger partial charge is 0.320 e. The van der Waals surface area contributed by atoms with Gasteiger partial charge in [0.25, 0.3) is 0 Å². The Bertz CT molecular complexity index is 1090. The van der Waals surface area contributed by atoms with E-state index in [-0.39, 0.29) is 17.3 Å². The van der Waals surface area contributed by atoms with Crippen molar-refractivity contribution in [1.29, 1.82) is 0 Å². The minimum absolute atomic E-state index is 0.103. The van der Waals surface area contributed by atoms with E-state index in [1.165, 1.54) is 28.6 Å². The van der Waals surface area contributed by atoms with Gasteiger partial charge in [0.2, 0.25) is 10.0 Å². The van der Waals surface area contributed by atoms with Crippen molar-refractivity contribution in [1.82, 2.24) is 13.9 Å². The zero-order valence-electron chi connectivity index (χ0n) is 15.7. The summed E-state index contributed by atoms with van der Waals surface area (Å²) in [4.78, 5) is 4.42. The number of hydrogen-bond donors (Lipinski definition) is 0. The summed E-state index contributed by atoms with van der Waals surface area (Å²) in [7, 11) is -3.52. The number of sulfonamides is 1. The maximum absolute atomic E-state index is 13.5. The van der Waals surface area contributed by atoms with Gasteiger partial charge in [-0.05, 0) is 49.2 Å². The molecule has 0 saturated carbocycles. The Morgan fingerprint density at radius 3 is 2.38 bits per heavy atom. The second kappa shape index (κ2) is 8.08. The number of imidazole rings is 1. The average molecular weight is 421 g/mol. The second-order valence-corrected chi connectivity index (χ2v) is 8.83. The number of fused-ring (bicyclic) bond motifs is 1. The van der Waals surface area contributed by atoms with E-state index in [4.69, 9.17) is 4.74 Å². The molecule has 0 bridgehead atoms. The normalized spacial score (nSPS) is 15.8. The van der Waals surface area contributed by atoms with Gasteiger partial charge < -0.3 is 4.74 Å². The van der Waals surface area contributed by atoms with Gasteiger partial charge in [0.1, 0.15) is 12.4 Å². The van der Waals surface area contributed by atoms with E-state index >= 15 is 0 Å². The Kier molecular flexibility index (Phi) is 5.51. The summed E-state index contributed by atoms with van der Waals surface area (Å²) >= 11 is 0. The van der Waals surface area contributed by atoms with Crippen LogP contribution in [0.25, 0.3) is 11.0 Å². The van der Waals surface area contributed by atoms with Crippen molar-refractivity contribution in [3.05, 3.63) is 54.4 Å². The molecule has 0 aliphatic carbocycles. The third-order valence-electron chi connectivity index (χ3n) is 5.01. The highest BCUT2D eigenvalue weighted by Crippen LogP contribution is 2.26. The molecule has 0 spiro atoms. The maximum Gasteiger partial charge on any atom is 0.320 e. The molecule has 1 fully saturated rings. The van der Waals surface area contributed by atoms with Crippen LogP contribution in [0.4, 0.5) is 8.78 Å². The van der Waals surface area contributed by atoms with E-state index in [2.05, 4.69) is 4.98 Å². The third-order valence-corrected chi connectivity index (χ3v) is 6.92. The fraction of sp³-hybridized carbons (Fsp3) is 0.350. The Morgan fingerprint density at radius 1 is 1.00 bits per heavy atom. The number of benzene rings is 2. The molecule has 0 atom stereocenters. The number of alkyl halides is 2. The molecule has 1 aliphatic rings. The summed E-state index contributed by atoms with van der Waals surface area (Å²) in [6.45, 7) is -1.83. The quantitative estimate of drug-likeness (QED) is 0.599. The molecule has 2 heterocycles. The first-order chi connectivity index (χ1) is 14.0. The van der Waals surface area contributed by atoms with Gasteiger partial charge in [-0.2, -0.15) is 13.1 Å². The van der Waals surface area contributed by atoms with Crippen LogP contribution in [0.2, 0.25) is 0 Å². The van der Waals surface area contributed by atoms with Crippen LogP contribution in [0.15, 0.2) is 53.4 Å². The standard InChI is InChI=1S/C20H21F2N3O3S/c21-20(22)25-18-7-3-2-6-17(18)23-19(25)14-28-15-8-10-16(11-9-15)29(26,27)24-12-4-1-5-13-24/h2-3,6-11,20H,1,4-5,12-14H2. The Morgan fingerprint density at radius 2 is 1.69 bits per heavy atom. The highest BCUT2D eigenvalue weighted by Gasteiger charge is 2.25. The minimum atomic E-state index is -3.52. The molecule has 0 N–H and O–H groups in total. The molecule has 6 nitrogen and oxygen atoms in total. The summed E-state index contributed by atoms with van der Waals surface area (Å²) in [6.07, 6.45) is 2.78. The third kappa shape index (κ3) is 3.97. The number of aromatic nitrogens is 2. The number of halogens is 2. The van der Waals surface area contributed by atoms with Crippen molar-refractivity contribution < 1.29 is 21.9 Å². The van der Waals surface area contributed by atoms with E-state index in [0.717, 1.165) is 23.8 Å². The van der Waals surface area contributed by atoms with E-state index in [0.29, 0.717) is 29.9 Å². The van der Waals surface area contributed by atoms with Gasteiger partial charge in [-0.1, -0.05) is 18.6 Å². The maximum atomic E-state index is 13.5. The summed E-state index contributed by atoms with van der Waals surface area (Å²) in [5, 5.41) is 0. The van der Waals surface area contributed by atoms with Crippen LogP contribution in [0.1, 0.15) is 31.6 Å². The molecule has 9 heteroatoms. The topological polar surface area (TPSA) is 64.4 Å². The zero-order valence-corrected chi connectivity index (χ0v) is 16.5. The molecule has 1 aliphatic heterocycles. The van der Waals surface area contributed by atoms with Crippen molar-refractivity contribution in [2.24, 2.45) is 0 Å². The van der Waals surface area contributed by atoms with E-state index in [1.807, 2.05) is 0 Å². The van der Waals surface area contributed by atoms with Gasteiger partial charge in [-0.3, -0.25) is 4.57 Å². The molecular formula is C20H21F2N3O3S. The molecule has 0 radical (unpaired) electrons. The van der Waals surface area contributed by atoms with E-state index in [1.54, 1.807) is 24.3 Å². The summed E-state index contributed by atoms with van der Waals surface area (Å²) < 4.78 is 60.3. The number of piperidine rings is 1. The SMILES string of the molecule is O=S(=O)(c1ccc(OCc2nc3ccccc3n2C(F)F)cc1)N1CCCCC1. The number of hydrogen-bond acceptors (Lipinski definition) is 4.